The maximum atomic E-state index is 12.3. The number of hydrogen-bond donors (Lipinski definition) is 0. The first-order chi connectivity index (χ1) is 8.87. The number of nitrogens with zero attached hydrogens (tertiary/aromatic N) is 2. The summed E-state index contributed by atoms with van der Waals surface area (Å²) in [5.41, 5.74) is 0. The minimum absolute atomic E-state index is 0.403. The molecule has 0 N–H and O–H groups in total. The van der Waals surface area contributed by atoms with Gasteiger partial charge in [-0.25, -0.2) is 12.7 Å². The van der Waals surface area contributed by atoms with Crippen LogP contribution in [0.1, 0.15) is 11.3 Å². The highest BCUT2D eigenvalue weighted by Crippen LogP contribution is 2.24. The van der Waals surface area contributed by atoms with Crippen LogP contribution in [0.2, 0.25) is 0 Å². The molecule has 0 atom stereocenters. The van der Waals surface area contributed by atoms with E-state index < -0.39 is 10.0 Å². The molecule has 7 heteroatoms. The maximum absolute atomic E-state index is 12.3. The van der Waals surface area contributed by atoms with Gasteiger partial charge < -0.3 is 4.90 Å². The molecule has 0 saturated heterocycles. The van der Waals surface area contributed by atoms with Crippen molar-refractivity contribution in [2.24, 2.45) is 0 Å². The van der Waals surface area contributed by atoms with Crippen LogP contribution in [0.4, 0.5) is 0 Å². The number of alkyl halides is 1. The van der Waals surface area contributed by atoms with Crippen LogP contribution in [0.3, 0.4) is 0 Å². The zero-order valence-electron chi connectivity index (χ0n) is 11.6. The first kappa shape index (κ1) is 16.9. The first-order valence-corrected chi connectivity index (χ1v) is 8.92. The quantitative estimate of drug-likeness (QED) is 0.688. The summed E-state index contributed by atoms with van der Waals surface area (Å²) in [6, 6.07) is 3.51. The van der Waals surface area contributed by atoms with Crippen LogP contribution in [-0.2, 0) is 16.4 Å². The molecule has 4 nitrogen and oxygen atoms in total. The second-order valence-electron chi connectivity index (χ2n) is 4.64. The van der Waals surface area contributed by atoms with Gasteiger partial charge in [0.1, 0.15) is 4.21 Å². The fourth-order valence-electron chi connectivity index (χ4n) is 1.61. The average molecular weight is 325 g/mol. The molecule has 0 radical (unpaired) electrons. The van der Waals surface area contributed by atoms with Gasteiger partial charge in [0.15, 0.2) is 0 Å². The van der Waals surface area contributed by atoms with E-state index in [0.29, 0.717) is 23.1 Å². The van der Waals surface area contributed by atoms with E-state index in [4.69, 9.17) is 11.6 Å². The Morgan fingerprint density at radius 1 is 1.21 bits per heavy atom. The van der Waals surface area contributed by atoms with Crippen molar-refractivity contribution in [2.45, 2.75) is 17.1 Å². The molecule has 0 aliphatic heterocycles. The van der Waals surface area contributed by atoms with Crippen LogP contribution in [0.5, 0.6) is 0 Å². The van der Waals surface area contributed by atoms with E-state index in [0.717, 1.165) is 17.8 Å². The molecule has 0 spiro atoms. The average Bonchev–Trinajstić information content (AvgIpc) is 2.78. The second kappa shape index (κ2) is 7.59. The lowest BCUT2D eigenvalue weighted by Crippen LogP contribution is -2.29. The van der Waals surface area contributed by atoms with E-state index in [1.165, 1.54) is 15.6 Å². The predicted molar refractivity (Wildman–Crippen MR) is 81.7 cm³/mol. The van der Waals surface area contributed by atoms with E-state index in [1.807, 2.05) is 25.1 Å². The van der Waals surface area contributed by atoms with Crippen LogP contribution in [-0.4, -0.2) is 57.7 Å². The highest BCUT2D eigenvalue weighted by atomic mass is 35.5. The van der Waals surface area contributed by atoms with Crippen LogP contribution < -0.4 is 0 Å². The Labute approximate surface area is 125 Å². The van der Waals surface area contributed by atoms with Gasteiger partial charge in [0.25, 0.3) is 10.0 Å². The van der Waals surface area contributed by atoms with E-state index in [-0.39, 0.29) is 0 Å². The topological polar surface area (TPSA) is 40.6 Å². The van der Waals surface area contributed by atoms with Gasteiger partial charge in [-0.1, -0.05) is 0 Å². The van der Waals surface area contributed by atoms with Crippen LogP contribution in [0.25, 0.3) is 0 Å². The molecular weight excluding hydrogens is 304 g/mol. The third-order valence-electron chi connectivity index (χ3n) is 2.72. The summed E-state index contributed by atoms with van der Waals surface area (Å²) >= 11 is 6.97. The molecule has 1 aromatic rings. The fraction of sp³-hybridized carbons (Fsp3) is 0.667. The zero-order chi connectivity index (χ0) is 14.5. The van der Waals surface area contributed by atoms with E-state index in [2.05, 4.69) is 0 Å². The molecule has 110 valence electrons. The Morgan fingerprint density at radius 3 is 2.47 bits per heavy atom. The molecule has 0 bridgehead atoms. The Balaban J connectivity index is 2.67. The van der Waals surface area contributed by atoms with Gasteiger partial charge in [0.2, 0.25) is 0 Å². The van der Waals surface area contributed by atoms with Gasteiger partial charge in [0.05, 0.1) is 0 Å². The smallest absolute Gasteiger partial charge is 0.252 e. The highest BCUT2D eigenvalue weighted by molar-refractivity contribution is 7.91. The highest BCUT2D eigenvalue weighted by Gasteiger charge is 2.22. The summed E-state index contributed by atoms with van der Waals surface area (Å²) in [7, 11) is 2.24. The molecule has 0 amide bonds. The molecule has 0 fully saturated rings. The van der Waals surface area contributed by atoms with Crippen LogP contribution in [0, 0.1) is 0 Å². The van der Waals surface area contributed by atoms with Crippen molar-refractivity contribution in [1.82, 2.24) is 9.21 Å². The molecule has 0 aliphatic rings. The van der Waals surface area contributed by atoms with Crippen LogP contribution in [0.15, 0.2) is 16.3 Å². The van der Waals surface area contributed by atoms with Gasteiger partial charge in [-0.15, -0.1) is 22.9 Å². The molecule has 1 aromatic heterocycles. The Morgan fingerprint density at radius 2 is 1.89 bits per heavy atom. The number of aryl methyl sites for hydroxylation is 1. The predicted octanol–water partition coefficient (Wildman–Crippen LogP) is 2.10. The minimum atomic E-state index is -3.34. The number of rotatable bonds is 8. The summed E-state index contributed by atoms with van der Waals surface area (Å²) in [5, 5.41) is 0. The van der Waals surface area contributed by atoms with Gasteiger partial charge in [0, 0.05) is 24.3 Å². The normalized spacial score (nSPS) is 12.5. The largest absolute Gasteiger partial charge is 0.309 e. The van der Waals surface area contributed by atoms with Crippen molar-refractivity contribution in [3.8, 4) is 0 Å². The lowest BCUT2D eigenvalue weighted by molar-refractivity contribution is 0.370. The third kappa shape index (κ3) is 5.04. The van der Waals surface area contributed by atoms with Crippen molar-refractivity contribution in [3.05, 3.63) is 17.0 Å². The van der Waals surface area contributed by atoms with E-state index in [9.17, 15) is 8.42 Å². The first-order valence-electron chi connectivity index (χ1n) is 6.13. The Bertz CT molecular complexity index is 486. The SMILES string of the molecule is CN(C)CCCN(C)S(=O)(=O)c1ccc(CCCl)s1. The number of hydrogen-bond acceptors (Lipinski definition) is 4. The molecule has 0 saturated carbocycles. The minimum Gasteiger partial charge on any atom is -0.309 e. The monoisotopic (exact) mass is 324 g/mol. The van der Waals surface area contributed by atoms with Gasteiger partial charge in [-0.2, -0.15) is 0 Å². The second-order valence-corrected chi connectivity index (χ2v) is 8.46. The molecule has 1 heterocycles. The lowest BCUT2D eigenvalue weighted by atomic mass is 10.4. The van der Waals surface area contributed by atoms with Gasteiger partial charge >= 0.3 is 0 Å². The van der Waals surface area contributed by atoms with Gasteiger partial charge in [-0.05, 0) is 45.6 Å². The van der Waals surface area contributed by atoms with Crippen molar-refractivity contribution in [3.63, 3.8) is 0 Å². The molecular formula is C12H21ClN2O2S2. The van der Waals surface area contributed by atoms with Crippen molar-refractivity contribution in [2.75, 3.05) is 40.1 Å². The van der Waals surface area contributed by atoms with Crippen molar-refractivity contribution in [1.29, 1.82) is 0 Å². The zero-order valence-corrected chi connectivity index (χ0v) is 14.0. The molecule has 0 aromatic carbocycles. The van der Waals surface area contributed by atoms with Crippen molar-refractivity contribution >= 4 is 33.0 Å². The summed E-state index contributed by atoms with van der Waals surface area (Å²) < 4.78 is 26.5. The molecule has 0 aliphatic carbocycles. The number of sulfonamides is 1. The Kier molecular flexibility index (Phi) is 6.76. The van der Waals surface area contributed by atoms with Crippen LogP contribution >= 0.6 is 22.9 Å². The van der Waals surface area contributed by atoms with Crippen molar-refractivity contribution < 1.29 is 8.42 Å². The molecule has 19 heavy (non-hydrogen) atoms. The Hall–Kier alpha value is -0.140. The lowest BCUT2D eigenvalue weighted by Gasteiger charge is -2.17. The number of halogens is 1. The van der Waals surface area contributed by atoms with E-state index in [1.54, 1.807) is 13.1 Å². The summed E-state index contributed by atoms with van der Waals surface area (Å²) in [6.07, 6.45) is 1.54. The fourth-order valence-corrected chi connectivity index (χ4v) is 4.70. The molecule has 1 rings (SSSR count). The standard InChI is InChI=1S/C12H21ClN2O2S2/c1-14(2)9-4-10-15(3)19(16,17)12-6-5-11(18-12)7-8-13/h5-6H,4,7-10H2,1-3H3. The van der Waals surface area contributed by atoms with Gasteiger partial charge in [-0.3, -0.25) is 0 Å². The summed E-state index contributed by atoms with van der Waals surface area (Å²) in [5.74, 6) is 0.513. The summed E-state index contributed by atoms with van der Waals surface area (Å²) in [4.78, 5) is 3.06. The summed E-state index contributed by atoms with van der Waals surface area (Å²) in [6.45, 7) is 1.41. The molecule has 0 unspecified atom stereocenters. The third-order valence-corrected chi connectivity index (χ3v) is 6.38. The van der Waals surface area contributed by atoms with E-state index >= 15 is 0 Å². The number of thiophene rings is 1. The maximum Gasteiger partial charge on any atom is 0.252 e.